The average molecular weight is 471 g/mol. The van der Waals surface area contributed by atoms with Gasteiger partial charge in [-0.25, -0.2) is 9.97 Å². The summed E-state index contributed by atoms with van der Waals surface area (Å²) >= 11 is 0. The van der Waals surface area contributed by atoms with E-state index in [9.17, 15) is 14.7 Å². The highest BCUT2D eigenvalue weighted by atomic mass is 16.5. The SMILES string of the molecule is COc1cc(C(=O)NC[C@H](NC(C)(C)C)C(=O)O)ccc1N1CCC(Nc2ncccn2)CC1. The highest BCUT2D eigenvalue weighted by Gasteiger charge is 2.25. The zero-order valence-corrected chi connectivity index (χ0v) is 20.2. The molecule has 0 bridgehead atoms. The lowest BCUT2D eigenvalue weighted by molar-refractivity contribution is -0.139. The van der Waals surface area contributed by atoms with Crippen molar-refractivity contribution >= 4 is 23.5 Å². The Hall–Kier alpha value is -3.40. The topological polar surface area (TPSA) is 129 Å². The summed E-state index contributed by atoms with van der Waals surface area (Å²) in [6.45, 7) is 7.26. The highest BCUT2D eigenvalue weighted by Crippen LogP contribution is 2.31. The van der Waals surface area contributed by atoms with Crippen molar-refractivity contribution in [3.05, 3.63) is 42.2 Å². The summed E-state index contributed by atoms with van der Waals surface area (Å²) in [6, 6.07) is 6.50. The van der Waals surface area contributed by atoms with Gasteiger partial charge in [0.1, 0.15) is 11.8 Å². The van der Waals surface area contributed by atoms with Gasteiger partial charge < -0.3 is 25.4 Å². The molecule has 34 heavy (non-hydrogen) atoms. The Labute approximate surface area is 200 Å². The van der Waals surface area contributed by atoms with Crippen molar-refractivity contribution in [2.24, 2.45) is 0 Å². The predicted molar refractivity (Wildman–Crippen MR) is 131 cm³/mol. The van der Waals surface area contributed by atoms with Crippen LogP contribution in [0.25, 0.3) is 0 Å². The number of methoxy groups -OCH3 is 1. The highest BCUT2D eigenvalue weighted by molar-refractivity contribution is 5.95. The molecule has 2 heterocycles. The van der Waals surface area contributed by atoms with E-state index in [0.717, 1.165) is 31.6 Å². The van der Waals surface area contributed by atoms with Crippen molar-refractivity contribution in [3.8, 4) is 5.75 Å². The summed E-state index contributed by atoms with van der Waals surface area (Å²) in [6.07, 6.45) is 5.27. The molecule has 10 heteroatoms. The number of rotatable bonds is 9. The van der Waals surface area contributed by atoms with Crippen LogP contribution in [0.2, 0.25) is 0 Å². The minimum Gasteiger partial charge on any atom is -0.495 e. The number of carboxylic acid groups (broad SMARTS) is 1. The van der Waals surface area contributed by atoms with Crippen LogP contribution in [0.1, 0.15) is 44.0 Å². The molecular formula is C24H34N6O4. The molecule has 0 aliphatic carbocycles. The number of anilines is 2. The molecule has 1 aromatic carbocycles. The van der Waals surface area contributed by atoms with E-state index in [1.807, 2.05) is 26.8 Å². The van der Waals surface area contributed by atoms with Gasteiger partial charge in [-0.05, 0) is 57.9 Å². The predicted octanol–water partition coefficient (Wildman–Crippen LogP) is 2.14. The quantitative estimate of drug-likeness (QED) is 0.436. The zero-order valence-electron chi connectivity index (χ0n) is 20.2. The molecule has 2 aromatic rings. The van der Waals surface area contributed by atoms with Crippen LogP contribution in [0.5, 0.6) is 5.75 Å². The maximum absolute atomic E-state index is 12.7. The molecule has 0 saturated carbocycles. The molecule has 10 nitrogen and oxygen atoms in total. The number of hydrogen-bond acceptors (Lipinski definition) is 8. The molecular weight excluding hydrogens is 436 g/mol. The summed E-state index contributed by atoms with van der Waals surface area (Å²) in [5, 5.41) is 18.5. The minimum absolute atomic E-state index is 0.0266. The van der Waals surface area contributed by atoms with E-state index in [1.54, 1.807) is 37.7 Å². The van der Waals surface area contributed by atoms with Crippen LogP contribution in [0.4, 0.5) is 11.6 Å². The molecule has 1 atom stereocenters. The lowest BCUT2D eigenvalue weighted by Gasteiger charge is -2.34. The summed E-state index contributed by atoms with van der Waals surface area (Å²) in [5.41, 5.74) is 0.944. The Bertz CT molecular complexity index is 971. The fourth-order valence-corrected chi connectivity index (χ4v) is 3.92. The number of carboxylic acids is 1. The van der Waals surface area contributed by atoms with Gasteiger partial charge in [0, 0.05) is 49.2 Å². The second-order valence-corrected chi connectivity index (χ2v) is 9.36. The smallest absolute Gasteiger partial charge is 0.322 e. The number of carbonyl (C=O) groups is 2. The second kappa shape index (κ2) is 11.1. The van der Waals surface area contributed by atoms with E-state index in [2.05, 4.69) is 30.8 Å². The maximum atomic E-state index is 12.7. The van der Waals surface area contributed by atoms with Gasteiger partial charge in [0.25, 0.3) is 5.91 Å². The number of piperidine rings is 1. The lowest BCUT2D eigenvalue weighted by atomic mass is 10.0. The van der Waals surface area contributed by atoms with E-state index in [1.165, 1.54) is 0 Å². The van der Waals surface area contributed by atoms with Gasteiger partial charge in [-0.15, -0.1) is 0 Å². The third-order valence-electron chi connectivity index (χ3n) is 5.55. The number of nitrogens with one attached hydrogen (secondary N) is 3. The summed E-state index contributed by atoms with van der Waals surface area (Å²) < 4.78 is 5.58. The van der Waals surface area contributed by atoms with Gasteiger partial charge in [0.05, 0.1) is 12.8 Å². The zero-order chi connectivity index (χ0) is 24.7. The van der Waals surface area contributed by atoms with Crippen molar-refractivity contribution in [1.82, 2.24) is 20.6 Å². The second-order valence-electron chi connectivity index (χ2n) is 9.36. The summed E-state index contributed by atoms with van der Waals surface area (Å²) in [4.78, 5) is 34.9. The molecule has 1 saturated heterocycles. The molecule has 0 spiro atoms. The maximum Gasteiger partial charge on any atom is 0.322 e. The molecule has 3 rings (SSSR count). The van der Waals surface area contributed by atoms with E-state index >= 15 is 0 Å². The largest absolute Gasteiger partial charge is 0.495 e. The molecule has 1 aliphatic rings. The fourth-order valence-electron chi connectivity index (χ4n) is 3.92. The molecule has 1 aliphatic heterocycles. The van der Waals surface area contributed by atoms with Gasteiger partial charge in [-0.1, -0.05) is 0 Å². The van der Waals surface area contributed by atoms with E-state index in [4.69, 9.17) is 4.74 Å². The monoisotopic (exact) mass is 470 g/mol. The Morgan fingerprint density at radius 2 is 1.88 bits per heavy atom. The van der Waals surface area contributed by atoms with Crippen LogP contribution in [0.15, 0.2) is 36.7 Å². The van der Waals surface area contributed by atoms with Gasteiger partial charge in [-0.2, -0.15) is 0 Å². The van der Waals surface area contributed by atoms with Crippen LogP contribution in [0.3, 0.4) is 0 Å². The fraction of sp³-hybridized carbons (Fsp3) is 0.500. The summed E-state index contributed by atoms with van der Waals surface area (Å²) in [5.74, 6) is -0.123. The first kappa shape index (κ1) is 25.2. The number of ether oxygens (including phenoxy) is 1. The standard InChI is InChI=1S/C24H34N6O4/c1-24(2,3)29-18(22(32)33)15-27-21(31)16-6-7-19(20(14-16)34-4)30-12-8-17(9-13-30)28-23-25-10-5-11-26-23/h5-7,10-11,14,17-18,29H,8-9,12-13,15H2,1-4H3,(H,27,31)(H,32,33)(H,25,26,28)/t18-/m0/s1. The molecule has 0 unspecified atom stereocenters. The van der Waals surface area contributed by atoms with Crippen LogP contribution < -0.4 is 25.6 Å². The number of benzene rings is 1. The molecule has 184 valence electrons. The van der Waals surface area contributed by atoms with Gasteiger partial charge in [0.15, 0.2) is 0 Å². The van der Waals surface area contributed by atoms with Gasteiger partial charge in [-0.3, -0.25) is 14.9 Å². The van der Waals surface area contributed by atoms with Crippen molar-refractivity contribution in [2.75, 3.05) is 37.0 Å². The first-order chi connectivity index (χ1) is 16.2. The molecule has 4 N–H and O–H groups in total. The van der Waals surface area contributed by atoms with Crippen LogP contribution in [-0.4, -0.2) is 71.3 Å². The van der Waals surface area contributed by atoms with Gasteiger partial charge >= 0.3 is 5.97 Å². The van der Waals surface area contributed by atoms with E-state index in [-0.39, 0.29) is 12.5 Å². The number of nitrogens with zero attached hydrogens (tertiary/aromatic N) is 3. The Morgan fingerprint density at radius 1 is 1.21 bits per heavy atom. The van der Waals surface area contributed by atoms with Crippen LogP contribution >= 0.6 is 0 Å². The summed E-state index contributed by atoms with van der Waals surface area (Å²) in [7, 11) is 1.58. The number of aliphatic carboxylic acids is 1. The third kappa shape index (κ3) is 7.05. The minimum atomic E-state index is -1.01. The van der Waals surface area contributed by atoms with Crippen molar-refractivity contribution < 1.29 is 19.4 Å². The van der Waals surface area contributed by atoms with Crippen molar-refractivity contribution in [2.45, 2.75) is 51.2 Å². The lowest BCUT2D eigenvalue weighted by Crippen LogP contribution is -2.53. The average Bonchev–Trinajstić information content (AvgIpc) is 2.81. The van der Waals surface area contributed by atoms with E-state index < -0.39 is 17.6 Å². The molecule has 1 amide bonds. The van der Waals surface area contributed by atoms with Crippen molar-refractivity contribution in [1.29, 1.82) is 0 Å². The van der Waals surface area contributed by atoms with Gasteiger partial charge in [0.2, 0.25) is 5.95 Å². The normalized spacial score (nSPS) is 15.5. The number of amides is 1. The number of hydrogen-bond donors (Lipinski definition) is 4. The number of carbonyl (C=O) groups excluding carboxylic acids is 1. The first-order valence-electron chi connectivity index (χ1n) is 11.4. The van der Waals surface area contributed by atoms with E-state index in [0.29, 0.717) is 23.3 Å². The molecule has 0 radical (unpaired) electrons. The number of aromatic nitrogens is 2. The molecule has 1 fully saturated rings. The van der Waals surface area contributed by atoms with Crippen LogP contribution in [-0.2, 0) is 4.79 Å². The van der Waals surface area contributed by atoms with Crippen LogP contribution in [0, 0.1) is 0 Å². The Kier molecular flexibility index (Phi) is 8.27. The van der Waals surface area contributed by atoms with Crippen molar-refractivity contribution in [3.63, 3.8) is 0 Å². The molecule has 1 aromatic heterocycles. The first-order valence-corrected chi connectivity index (χ1v) is 11.4. The third-order valence-corrected chi connectivity index (χ3v) is 5.55. The Morgan fingerprint density at radius 3 is 2.47 bits per heavy atom. The Balaban J connectivity index is 1.59.